The molecule has 3 N–H and O–H groups in total. The molecule has 0 saturated heterocycles. The molecule has 0 heterocycles. The second-order valence-corrected chi connectivity index (χ2v) is 8.19. The van der Waals surface area contributed by atoms with Crippen molar-refractivity contribution in [1.82, 2.24) is 4.72 Å². The predicted molar refractivity (Wildman–Crippen MR) is 92.1 cm³/mol. The number of anilines is 1. The van der Waals surface area contributed by atoms with Crippen molar-refractivity contribution in [3.63, 3.8) is 0 Å². The number of hydrogen-bond donors (Lipinski definition) is 2. The molecule has 0 aliphatic carbocycles. The molecular formula is C15H26N2O2S2. The van der Waals surface area contributed by atoms with Gasteiger partial charge in [-0.25, -0.2) is 13.1 Å². The van der Waals surface area contributed by atoms with Crippen LogP contribution in [0.2, 0.25) is 0 Å². The molecule has 1 aromatic rings. The zero-order valence-electron chi connectivity index (χ0n) is 13.1. The molecule has 6 heteroatoms. The van der Waals surface area contributed by atoms with E-state index in [0.29, 0.717) is 11.4 Å². The SMILES string of the molecule is CCC(CC)(CC)NS(=O)(=O)CCSc1ccc(N)cc1. The highest BCUT2D eigenvalue weighted by Gasteiger charge is 2.28. The van der Waals surface area contributed by atoms with Crippen molar-refractivity contribution in [2.75, 3.05) is 17.2 Å². The zero-order valence-corrected chi connectivity index (χ0v) is 14.7. The Labute approximate surface area is 132 Å². The number of sulfonamides is 1. The van der Waals surface area contributed by atoms with Crippen molar-refractivity contribution in [3.05, 3.63) is 24.3 Å². The van der Waals surface area contributed by atoms with E-state index in [9.17, 15) is 8.42 Å². The maximum Gasteiger partial charge on any atom is 0.212 e. The third kappa shape index (κ3) is 5.88. The second-order valence-electron chi connectivity index (χ2n) is 5.18. The van der Waals surface area contributed by atoms with Crippen molar-refractivity contribution in [2.24, 2.45) is 0 Å². The maximum absolute atomic E-state index is 12.2. The van der Waals surface area contributed by atoms with Gasteiger partial charge in [-0.1, -0.05) is 20.8 Å². The largest absolute Gasteiger partial charge is 0.399 e. The van der Waals surface area contributed by atoms with Crippen LogP contribution < -0.4 is 10.5 Å². The minimum Gasteiger partial charge on any atom is -0.399 e. The lowest BCUT2D eigenvalue weighted by atomic mass is 9.91. The topological polar surface area (TPSA) is 72.2 Å². The Morgan fingerprint density at radius 1 is 1.10 bits per heavy atom. The zero-order chi connectivity index (χ0) is 15.9. The van der Waals surface area contributed by atoms with Crippen molar-refractivity contribution in [2.45, 2.75) is 50.5 Å². The van der Waals surface area contributed by atoms with Crippen molar-refractivity contribution in [1.29, 1.82) is 0 Å². The molecule has 0 bridgehead atoms. The Bertz CT molecular complexity index is 515. The Morgan fingerprint density at radius 2 is 1.62 bits per heavy atom. The average molecular weight is 331 g/mol. The molecule has 0 spiro atoms. The summed E-state index contributed by atoms with van der Waals surface area (Å²) in [5.74, 6) is 0.663. The van der Waals surface area contributed by atoms with Crippen LogP contribution in [0.3, 0.4) is 0 Å². The molecule has 0 radical (unpaired) electrons. The van der Waals surface area contributed by atoms with Gasteiger partial charge in [0.1, 0.15) is 0 Å². The highest BCUT2D eigenvalue weighted by Crippen LogP contribution is 2.22. The van der Waals surface area contributed by atoms with Gasteiger partial charge in [0, 0.05) is 21.9 Å². The van der Waals surface area contributed by atoms with Gasteiger partial charge in [-0.2, -0.15) is 0 Å². The predicted octanol–water partition coefficient (Wildman–Crippen LogP) is 3.25. The van der Waals surface area contributed by atoms with Crippen molar-refractivity contribution < 1.29 is 8.42 Å². The lowest BCUT2D eigenvalue weighted by Gasteiger charge is -2.31. The van der Waals surface area contributed by atoms with Crippen LogP contribution in [0, 0.1) is 0 Å². The molecule has 0 atom stereocenters. The fourth-order valence-corrected chi connectivity index (χ4v) is 5.15. The van der Waals surface area contributed by atoms with E-state index in [-0.39, 0.29) is 11.3 Å². The summed E-state index contributed by atoms with van der Waals surface area (Å²) < 4.78 is 27.3. The lowest BCUT2D eigenvalue weighted by molar-refractivity contribution is 0.342. The molecule has 0 unspecified atom stereocenters. The second kappa shape index (κ2) is 8.06. The molecule has 21 heavy (non-hydrogen) atoms. The lowest BCUT2D eigenvalue weighted by Crippen LogP contribution is -2.48. The Hall–Kier alpha value is -0.720. The van der Waals surface area contributed by atoms with E-state index in [0.717, 1.165) is 24.2 Å². The molecule has 4 nitrogen and oxygen atoms in total. The first kappa shape index (κ1) is 18.3. The summed E-state index contributed by atoms with van der Waals surface area (Å²) in [4.78, 5) is 1.03. The molecule has 120 valence electrons. The van der Waals surface area contributed by atoms with Gasteiger partial charge in [-0.3, -0.25) is 0 Å². The number of hydrogen-bond acceptors (Lipinski definition) is 4. The van der Waals surface area contributed by atoms with E-state index in [1.165, 1.54) is 11.8 Å². The molecular weight excluding hydrogens is 304 g/mol. The molecule has 0 fully saturated rings. The van der Waals surface area contributed by atoms with Crippen LogP contribution in [-0.2, 0) is 10.0 Å². The van der Waals surface area contributed by atoms with Crippen LogP contribution in [-0.4, -0.2) is 25.5 Å². The minimum atomic E-state index is -3.25. The summed E-state index contributed by atoms with van der Waals surface area (Å²) in [6.45, 7) is 6.08. The van der Waals surface area contributed by atoms with Gasteiger partial charge in [0.2, 0.25) is 10.0 Å². The van der Waals surface area contributed by atoms with Crippen LogP contribution in [0.4, 0.5) is 5.69 Å². The molecule has 0 saturated carbocycles. The molecule has 0 aliphatic heterocycles. The van der Waals surface area contributed by atoms with E-state index in [1.54, 1.807) is 0 Å². The standard InChI is InChI=1S/C15H26N2O2S2/c1-4-15(5-2,6-3)17-21(18,19)12-11-20-14-9-7-13(16)8-10-14/h7-10,17H,4-6,11-12,16H2,1-3H3. The molecule has 1 rings (SSSR count). The number of rotatable bonds is 9. The number of benzene rings is 1. The van der Waals surface area contributed by atoms with E-state index < -0.39 is 10.0 Å². The Kier molecular flexibility index (Phi) is 7.03. The molecule has 0 aromatic heterocycles. The van der Waals surface area contributed by atoms with Gasteiger partial charge in [0.05, 0.1) is 5.75 Å². The first-order valence-corrected chi connectivity index (χ1v) is 10.00. The summed E-state index contributed by atoms with van der Waals surface area (Å²) in [6.07, 6.45) is 2.43. The summed E-state index contributed by atoms with van der Waals surface area (Å²) in [6, 6.07) is 7.47. The van der Waals surface area contributed by atoms with E-state index in [1.807, 2.05) is 45.0 Å². The highest BCUT2D eigenvalue weighted by atomic mass is 32.2. The number of nitrogens with two attached hydrogens (primary N) is 1. The highest BCUT2D eigenvalue weighted by molar-refractivity contribution is 8.00. The monoisotopic (exact) mass is 330 g/mol. The van der Waals surface area contributed by atoms with E-state index >= 15 is 0 Å². The van der Waals surface area contributed by atoms with Gasteiger partial charge in [-0.05, 0) is 43.5 Å². The van der Waals surface area contributed by atoms with Crippen molar-refractivity contribution in [3.8, 4) is 0 Å². The fourth-order valence-electron chi connectivity index (χ4n) is 2.18. The smallest absolute Gasteiger partial charge is 0.212 e. The van der Waals surface area contributed by atoms with Gasteiger partial charge in [0.25, 0.3) is 0 Å². The molecule has 1 aromatic carbocycles. The summed E-state index contributed by atoms with van der Waals surface area (Å²) >= 11 is 1.53. The van der Waals surface area contributed by atoms with Crippen LogP contribution in [0.5, 0.6) is 0 Å². The van der Waals surface area contributed by atoms with Crippen LogP contribution in [0.1, 0.15) is 40.0 Å². The van der Waals surface area contributed by atoms with Gasteiger partial charge in [0.15, 0.2) is 0 Å². The minimum absolute atomic E-state index is 0.129. The quantitative estimate of drug-likeness (QED) is 0.538. The van der Waals surface area contributed by atoms with Gasteiger partial charge < -0.3 is 5.73 Å². The van der Waals surface area contributed by atoms with Gasteiger partial charge in [-0.15, -0.1) is 11.8 Å². The number of nitrogen functional groups attached to an aromatic ring is 1. The van der Waals surface area contributed by atoms with Crippen LogP contribution in [0.25, 0.3) is 0 Å². The Balaban J connectivity index is 2.55. The first-order chi connectivity index (χ1) is 9.86. The van der Waals surface area contributed by atoms with E-state index in [2.05, 4.69) is 4.72 Å². The third-order valence-electron chi connectivity index (χ3n) is 3.90. The summed E-state index contributed by atoms with van der Waals surface area (Å²) in [5.41, 5.74) is 6.04. The molecule has 0 aliphatic rings. The van der Waals surface area contributed by atoms with E-state index in [4.69, 9.17) is 5.73 Å². The summed E-state index contributed by atoms with van der Waals surface area (Å²) in [5, 5.41) is 0. The average Bonchev–Trinajstić information content (AvgIpc) is 2.47. The number of nitrogens with one attached hydrogen (secondary N) is 1. The van der Waals surface area contributed by atoms with Crippen LogP contribution in [0.15, 0.2) is 29.2 Å². The van der Waals surface area contributed by atoms with Crippen LogP contribution >= 0.6 is 11.8 Å². The number of thioether (sulfide) groups is 1. The molecule has 0 amide bonds. The fraction of sp³-hybridized carbons (Fsp3) is 0.600. The normalized spacial score (nSPS) is 12.5. The maximum atomic E-state index is 12.2. The van der Waals surface area contributed by atoms with Gasteiger partial charge >= 0.3 is 0 Å². The van der Waals surface area contributed by atoms with Crippen molar-refractivity contribution >= 4 is 27.5 Å². The summed E-state index contributed by atoms with van der Waals surface area (Å²) in [7, 11) is -3.25. The first-order valence-electron chi connectivity index (χ1n) is 7.36. The third-order valence-corrected chi connectivity index (χ3v) is 6.66. The Morgan fingerprint density at radius 3 is 2.10 bits per heavy atom.